The summed E-state index contributed by atoms with van der Waals surface area (Å²) in [7, 11) is 5.55. The molecule has 0 spiro atoms. The van der Waals surface area contributed by atoms with Gasteiger partial charge < -0.3 is 10.2 Å². The van der Waals surface area contributed by atoms with Crippen LogP contribution in [0.3, 0.4) is 0 Å². The maximum absolute atomic E-state index is 14.7. The first-order chi connectivity index (χ1) is 18.0. The van der Waals surface area contributed by atoms with E-state index in [0.29, 0.717) is 10.2 Å². The average molecular weight is 584 g/mol. The van der Waals surface area contributed by atoms with Gasteiger partial charge in [0, 0.05) is 23.6 Å². The summed E-state index contributed by atoms with van der Waals surface area (Å²) in [4.78, 5) is 42.7. The smallest absolute Gasteiger partial charge is 0.337 e. The van der Waals surface area contributed by atoms with Crippen molar-refractivity contribution in [3.05, 3.63) is 95.6 Å². The maximum Gasteiger partial charge on any atom is 0.337 e. The Morgan fingerprint density at radius 2 is 1.76 bits per heavy atom. The van der Waals surface area contributed by atoms with Gasteiger partial charge in [0.2, 0.25) is 0 Å². The number of anilines is 2. The van der Waals surface area contributed by atoms with Crippen molar-refractivity contribution in [2.24, 2.45) is 7.05 Å². The molecule has 0 aliphatic rings. The second-order valence-electron chi connectivity index (χ2n) is 9.87. The van der Waals surface area contributed by atoms with E-state index in [2.05, 4.69) is 26.1 Å². The summed E-state index contributed by atoms with van der Waals surface area (Å²) in [6.07, 6.45) is 1.74. The molecule has 200 valence electrons. The van der Waals surface area contributed by atoms with Crippen LogP contribution in [0.25, 0.3) is 16.7 Å². The molecule has 0 saturated heterocycles. The van der Waals surface area contributed by atoms with Gasteiger partial charge in [0.15, 0.2) is 0 Å². The molecule has 4 rings (SSSR count). The van der Waals surface area contributed by atoms with Gasteiger partial charge in [-0.2, -0.15) is 0 Å². The van der Waals surface area contributed by atoms with Crippen molar-refractivity contribution in [1.82, 2.24) is 18.6 Å². The van der Waals surface area contributed by atoms with E-state index in [1.165, 1.54) is 34.4 Å². The molecule has 2 heterocycles. The number of hydrogen-bond acceptors (Lipinski definition) is 5. The quantitative estimate of drug-likeness (QED) is 0.328. The lowest BCUT2D eigenvalue weighted by Gasteiger charge is -2.20. The topological polar surface area (TPSA) is 81.3 Å². The largest absolute Gasteiger partial charge is 0.352 e. The van der Waals surface area contributed by atoms with Crippen LogP contribution in [0.5, 0.6) is 0 Å². The first-order valence-electron chi connectivity index (χ1n) is 12.4. The lowest BCUT2D eigenvalue weighted by atomic mass is 10.1. The average Bonchev–Trinajstić information content (AvgIpc) is 2.83. The van der Waals surface area contributed by atoms with E-state index in [0.717, 1.165) is 29.5 Å². The van der Waals surface area contributed by atoms with E-state index in [1.807, 2.05) is 32.3 Å². The number of hydrogen-bond donors (Lipinski definition) is 1. The number of halogens is 2. The molecule has 0 amide bonds. The summed E-state index contributed by atoms with van der Waals surface area (Å²) < 4.78 is 19.1. The van der Waals surface area contributed by atoms with Crippen LogP contribution in [0.2, 0.25) is 0 Å². The van der Waals surface area contributed by atoms with Gasteiger partial charge in [-0.15, -0.1) is 0 Å². The molecule has 0 fully saturated rings. The second-order valence-corrected chi connectivity index (χ2v) is 10.8. The highest BCUT2D eigenvalue weighted by molar-refractivity contribution is 9.10. The van der Waals surface area contributed by atoms with Crippen LogP contribution >= 0.6 is 15.9 Å². The molecule has 0 saturated carbocycles. The number of pyridine rings is 1. The van der Waals surface area contributed by atoms with Crippen LogP contribution in [0.15, 0.2) is 67.4 Å². The van der Waals surface area contributed by atoms with E-state index in [9.17, 15) is 18.8 Å². The van der Waals surface area contributed by atoms with Gasteiger partial charge in [-0.3, -0.25) is 18.7 Å². The number of aromatic nitrogens is 3. The van der Waals surface area contributed by atoms with Crippen LogP contribution in [-0.4, -0.2) is 39.2 Å². The molecule has 4 aromatic rings. The third-order valence-electron chi connectivity index (χ3n) is 6.41. The number of benzene rings is 2. The van der Waals surface area contributed by atoms with Crippen molar-refractivity contribution in [1.29, 1.82) is 0 Å². The number of nitrogens with zero attached hydrogens (tertiary/aromatic N) is 4. The first kappa shape index (κ1) is 27.5. The Morgan fingerprint density at radius 1 is 1.03 bits per heavy atom. The van der Waals surface area contributed by atoms with Gasteiger partial charge in [0.25, 0.3) is 11.1 Å². The normalized spacial score (nSPS) is 11.6. The first-order valence-corrected chi connectivity index (χ1v) is 13.2. The molecule has 0 atom stereocenters. The van der Waals surface area contributed by atoms with E-state index < -0.39 is 28.7 Å². The number of fused-ring (bicyclic) bond motifs is 1. The van der Waals surface area contributed by atoms with Crippen molar-refractivity contribution in [3.63, 3.8) is 0 Å². The van der Waals surface area contributed by atoms with Crippen LogP contribution in [0.4, 0.5) is 15.8 Å². The molecule has 2 aromatic carbocycles. The zero-order valence-electron chi connectivity index (χ0n) is 22.1. The van der Waals surface area contributed by atoms with Crippen LogP contribution in [0, 0.1) is 5.82 Å². The van der Waals surface area contributed by atoms with Crippen LogP contribution in [0.1, 0.15) is 31.9 Å². The Balaban J connectivity index is 2.03. The number of rotatable bonds is 8. The SMILES string of the molecule is CC(C)n1c(=O)c2c(Nc3ccc(Br)cc3F)cc(=O)n(C)c2n(-c2cccc(CCCN(C)C)c2)c1=O. The number of aryl methyl sites for hydroxylation is 2. The molecule has 1 N–H and O–H groups in total. The summed E-state index contributed by atoms with van der Waals surface area (Å²) in [5.74, 6) is -0.559. The fraction of sp³-hybridized carbons (Fsp3) is 0.321. The standard InChI is InChI=1S/C28H31BrFN5O3/c1-17(2)34-27(37)25-23(31-22-12-11-19(29)15-21(22)30)16-24(36)33(5)26(25)35(28(34)38)20-10-6-8-18(14-20)9-7-13-32(3)4/h6,8,10-12,14-17,31H,7,9,13H2,1-5H3. The lowest BCUT2D eigenvalue weighted by molar-refractivity contribution is 0.400. The Morgan fingerprint density at radius 3 is 2.42 bits per heavy atom. The van der Waals surface area contributed by atoms with Gasteiger partial charge in [0.1, 0.15) is 16.9 Å². The molecule has 0 radical (unpaired) electrons. The minimum absolute atomic E-state index is 0.0962. The van der Waals surface area contributed by atoms with Crippen molar-refractivity contribution in [2.75, 3.05) is 26.0 Å². The van der Waals surface area contributed by atoms with Crippen molar-refractivity contribution < 1.29 is 4.39 Å². The minimum Gasteiger partial charge on any atom is -0.352 e. The molecule has 0 aliphatic carbocycles. The predicted molar refractivity (Wildman–Crippen MR) is 154 cm³/mol. The zero-order valence-corrected chi connectivity index (χ0v) is 23.7. The lowest BCUT2D eigenvalue weighted by Crippen LogP contribution is -2.42. The van der Waals surface area contributed by atoms with E-state index in [-0.39, 0.29) is 22.4 Å². The van der Waals surface area contributed by atoms with Crippen molar-refractivity contribution in [2.45, 2.75) is 32.7 Å². The van der Waals surface area contributed by atoms with Gasteiger partial charge >= 0.3 is 5.69 Å². The molecular weight excluding hydrogens is 553 g/mol. The summed E-state index contributed by atoms with van der Waals surface area (Å²) >= 11 is 3.24. The maximum atomic E-state index is 14.7. The molecule has 2 aromatic heterocycles. The van der Waals surface area contributed by atoms with Gasteiger partial charge in [-0.05, 0) is 83.2 Å². The van der Waals surface area contributed by atoms with Crippen molar-refractivity contribution >= 4 is 38.3 Å². The molecule has 10 heteroatoms. The molecular formula is C28H31BrFN5O3. The van der Waals surface area contributed by atoms with E-state index >= 15 is 0 Å². The van der Waals surface area contributed by atoms with E-state index in [4.69, 9.17) is 0 Å². The summed E-state index contributed by atoms with van der Waals surface area (Å²) in [5, 5.41) is 3.03. The van der Waals surface area contributed by atoms with Gasteiger partial charge in [0.05, 0.1) is 17.1 Å². The van der Waals surface area contributed by atoms with Crippen LogP contribution in [-0.2, 0) is 13.5 Å². The minimum atomic E-state index is -0.561. The Bertz CT molecular complexity index is 1690. The highest BCUT2D eigenvalue weighted by Crippen LogP contribution is 2.27. The van der Waals surface area contributed by atoms with Crippen LogP contribution < -0.4 is 22.1 Å². The van der Waals surface area contributed by atoms with Gasteiger partial charge in [-0.25, -0.2) is 13.8 Å². The molecule has 0 unspecified atom stereocenters. The number of nitrogens with one attached hydrogen (secondary N) is 1. The summed E-state index contributed by atoms with van der Waals surface area (Å²) in [6, 6.07) is 12.8. The van der Waals surface area contributed by atoms with E-state index in [1.54, 1.807) is 26.0 Å². The molecule has 0 aliphatic heterocycles. The fourth-order valence-electron chi connectivity index (χ4n) is 4.54. The zero-order chi connectivity index (χ0) is 27.7. The Labute approximate surface area is 228 Å². The Hall–Kier alpha value is -3.50. The van der Waals surface area contributed by atoms with Gasteiger partial charge in [-0.1, -0.05) is 28.1 Å². The predicted octanol–water partition coefficient (Wildman–Crippen LogP) is 4.57. The fourth-order valence-corrected chi connectivity index (χ4v) is 4.87. The summed E-state index contributed by atoms with van der Waals surface area (Å²) in [5.41, 5.74) is 0.364. The second kappa shape index (κ2) is 11.1. The Kier molecular flexibility index (Phi) is 8.03. The third kappa shape index (κ3) is 5.37. The summed E-state index contributed by atoms with van der Waals surface area (Å²) in [6.45, 7) is 4.42. The molecule has 0 bridgehead atoms. The third-order valence-corrected chi connectivity index (χ3v) is 6.90. The molecule has 38 heavy (non-hydrogen) atoms. The molecule has 8 nitrogen and oxygen atoms in total. The highest BCUT2D eigenvalue weighted by Gasteiger charge is 2.22. The van der Waals surface area contributed by atoms with Crippen molar-refractivity contribution in [3.8, 4) is 5.69 Å². The highest BCUT2D eigenvalue weighted by atomic mass is 79.9. The monoisotopic (exact) mass is 583 g/mol.